The normalized spacial score (nSPS) is 21.4. The van der Waals surface area contributed by atoms with Crippen LogP contribution in [0.1, 0.15) is 17.5 Å². The number of hydrogen-bond acceptors (Lipinski definition) is 3. The summed E-state index contributed by atoms with van der Waals surface area (Å²) in [6.45, 7) is 0.670. The maximum atomic E-state index is 12.8. The highest BCUT2D eigenvalue weighted by Crippen LogP contribution is 2.37. The maximum absolute atomic E-state index is 12.8. The lowest BCUT2D eigenvalue weighted by molar-refractivity contribution is -0.166. The molecule has 1 N–H and O–H groups in total. The van der Waals surface area contributed by atoms with E-state index in [1.54, 1.807) is 0 Å². The van der Waals surface area contributed by atoms with Crippen LogP contribution >= 0.6 is 0 Å². The summed E-state index contributed by atoms with van der Waals surface area (Å²) < 4.78 is 49.2. The van der Waals surface area contributed by atoms with Crippen molar-refractivity contribution in [1.29, 1.82) is 0 Å². The highest BCUT2D eigenvalue weighted by Gasteiger charge is 2.42. The molecule has 0 bridgehead atoms. The number of amides is 1. The minimum atomic E-state index is -4.42. The van der Waals surface area contributed by atoms with Crippen molar-refractivity contribution in [3.63, 3.8) is 0 Å². The van der Waals surface area contributed by atoms with Crippen LogP contribution in [0.2, 0.25) is 0 Å². The van der Waals surface area contributed by atoms with Gasteiger partial charge in [-0.05, 0) is 23.8 Å². The van der Waals surface area contributed by atoms with Gasteiger partial charge in [0.1, 0.15) is 0 Å². The van der Waals surface area contributed by atoms with E-state index < -0.39 is 17.5 Å². The third-order valence-corrected chi connectivity index (χ3v) is 3.41. The molecule has 0 aliphatic carbocycles. The fourth-order valence-electron chi connectivity index (χ4n) is 2.53. The second-order valence-corrected chi connectivity index (χ2v) is 4.88. The van der Waals surface area contributed by atoms with Gasteiger partial charge in [-0.2, -0.15) is 13.2 Å². The molecule has 0 aromatic heterocycles. The van der Waals surface area contributed by atoms with E-state index in [4.69, 9.17) is 9.47 Å². The Kier molecular flexibility index (Phi) is 2.98. The molecule has 0 saturated carbocycles. The first-order valence-electron chi connectivity index (χ1n) is 6.16. The first-order valence-corrected chi connectivity index (χ1v) is 6.16. The van der Waals surface area contributed by atoms with Gasteiger partial charge in [0, 0.05) is 12.1 Å². The number of ether oxygens (including phenoxy) is 2. The van der Waals surface area contributed by atoms with Gasteiger partial charge in [-0.3, -0.25) is 4.79 Å². The molecule has 3 rings (SSSR count). The van der Waals surface area contributed by atoms with Crippen LogP contribution in [0.25, 0.3) is 0 Å². The highest BCUT2D eigenvalue weighted by atomic mass is 19.4. The van der Waals surface area contributed by atoms with Crippen molar-refractivity contribution in [3.05, 3.63) is 29.3 Å². The summed E-state index contributed by atoms with van der Waals surface area (Å²) in [5.41, 5.74) is -0.00732. The van der Waals surface area contributed by atoms with Gasteiger partial charge in [-0.1, -0.05) is 0 Å². The monoisotopic (exact) mass is 287 g/mol. The zero-order valence-corrected chi connectivity index (χ0v) is 10.4. The fraction of sp³-hybridized carbons (Fsp3) is 0.462. The van der Waals surface area contributed by atoms with Crippen LogP contribution < -0.4 is 5.32 Å². The minimum absolute atomic E-state index is 0.0248. The average molecular weight is 287 g/mol. The molecule has 1 aromatic carbocycles. The molecule has 2 aliphatic heterocycles. The minimum Gasteiger partial charge on any atom is -0.347 e. The van der Waals surface area contributed by atoms with Crippen molar-refractivity contribution >= 4 is 11.6 Å². The van der Waals surface area contributed by atoms with E-state index in [-0.39, 0.29) is 18.7 Å². The molecular weight excluding hydrogens is 275 g/mol. The molecule has 2 heterocycles. The molecule has 0 unspecified atom stereocenters. The van der Waals surface area contributed by atoms with Crippen molar-refractivity contribution in [2.45, 2.75) is 24.8 Å². The van der Waals surface area contributed by atoms with Crippen LogP contribution in [0.15, 0.2) is 18.2 Å². The third kappa shape index (κ3) is 2.38. The lowest BCUT2D eigenvalue weighted by Gasteiger charge is -2.24. The van der Waals surface area contributed by atoms with Gasteiger partial charge in [-0.15, -0.1) is 0 Å². The Hall–Kier alpha value is -1.60. The van der Waals surface area contributed by atoms with Gasteiger partial charge in [-0.25, -0.2) is 0 Å². The van der Waals surface area contributed by atoms with Crippen LogP contribution in [0.3, 0.4) is 0 Å². The number of alkyl halides is 3. The van der Waals surface area contributed by atoms with Crippen LogP contribution in [0.4, 0.5) is 18.9 Å². The predicted molar refractivity (Wildman–Crippen MR) is 63.0 cm³/mol. The van der Waals surface area contributed by atoms with Crippen LogP contribution in [-0.4, -0.2) is 24.9 Å². The maximum Gasteiger partial charge on any atom is 0.416 e. The number of nitrogens with one attached hydrogen (secondary N) is 1. The van der Waals surface area contributed by atoms with Gasteiger partial charge in [0.15, 0.2) is 5.79 Å². The van der Waals surface area contributed by atoms with Crippen LogP contribution in [-0.2, 0) is 26.9 Å². The molecule has 108 valence electrons. The molecule has 2 aliphatic rings. The Morgan fingerprint density at radius 3 is 2.50 bits per heavy atom. The Bertz CT molecular complexity index is 550. The topological polar surface area (TPSA) is 47.6 Å². The summed E-state index contributed by atoms with van der Waals surface area (Å²) in [5.74, 6) is -1.47. The van der Waals surface area contributed by atoms with E-state index in [1.165, 1.54) is 6.07 Å². The SMILES string of the molecule is O=C1CC2(Cc3cc(C(F)(F)F)ccc3N1)OCCO2. The Morgan fingerprint density at radius 1 is 1.15 bits per heavy atom. The lowest BCUT2D eigenvalue weighted by Crippen LogP contribution is -2.35. The summed E-state index contributed by atoms with van der Waals surface area (Å²) in [6, 6.07) is 3.26. The molecular formula is C13H12F3NO3. The average Bonchev–Trinajstić information content (AvgIpc) is 2.71. The Labute approximate surface area is 112 Å². The van der Waals surface area contributed by atoms with Crippen molar-refractivity contribution in [2.24, 2.45) is 0 Å². The van der Waals surface area contributed by atoms with Gasteiger partial charge in [0.2, 0.25) is 5.91 Å². The summed E-state index contributed by atoms with van der Waals surface area (Å²) in [7, 11) is 0. The molecule has 1 saturated heterocycles. The first-order chi connectivity index (χ1) is 9.38. The Morgan fingerprint density at radius 2 is 1.85 bits per heavy atom. The second-order valence-electron chi connectivity index (χ2n) is 4.88. The molecule has 0 atom stereocenters. The molecule has 0 radical (unpaired) electrons. The molecule has 20 heavy (non-hydrogen) atoms. The first kappa shape index (κ1) is 13.4. The summed E-state index contributed by atoms with van der Waals surface area (Å²) >= 11 is 0. The Balaban J connectivity index is 2.02. The van der Waals surface area contributed by atoms with Crippen molar-refractivity contribution < 1.29 is 27.4 Å². The summed E-state index contributed by atoms with van der Waals surface area (Å²) in [6.07, 6.45) is -4.33. The van der Waals surface area contributed by atoms with E-state index in [0.29, 0.717) is 24.5 Å². The largest absolute Gasteiger partial charge is 0.416 e. The molecule has 4 nitrogen and oxygen atoms in total. The van der Waals surface area contributed by atoms with Crippen molar-refractivity contribution in [2.75, 3.05) is 18.5 Å². The summed E-state index contributed by atoms with van der Waals surface area (Å²) in [4.78, 5) is 11.8. The second kappa shape index (κ2) is 4.46. The van der Waals surface area contributed by atoms with Gasteiger partial charge < -0.3 is 14.8 Å². The predicted octanol–water partition coefficient (Wildman–Crippen LogP) is 2.33. The molecule has 1 aromatic rings. The van der Waals surface area contributed by atoms with Gasteiger partial charge >= 0.3 is 6.18 Å². The van der Waals surface area contributed by atoms with Crippen LogP contribution in [0, 0.1) is 0 Å². The number of anilines is 1. The number of fused-ring (bicyclic) bond motifs is 1. The molecule has 1 fully saturated rings. The zero-order valence-electron chi connectivity index (χ0n) is 10.4. The van der Waals surface area contributed by atoms with E-state index in [9.17, 15) is 18.0 Å². The highest BCUT2D eigenvalue weighted by molar-refractivity contribution is 5.93. The van der Waals surface area contributed by atoms with Crippen molar-refractivity contribution in [1.82, 2.24) is 0 Å². The van der Waals surface area contributed by atoms with Gasteiger partial charge in [0.05, 0.1) is 25.2 Å². The molecule has 1 spiro atoms. The van der Waals surface area contributed by atoms with Crippen LogP contribution in [0.5, 0.6) is 0 Å². The smallest absolute Gasteiger partial charge is 0.347 e. The number of benzene rings is 1. The third-order valence-electron chi connectivity index (χ3n) is 3.41. The van der Waals surface area contributed by atoms with E-state index >= 15 is 0 Å². The number of rotatable bonds is 0. The molecule has 1 amide bonds. The zero-order chi connectivity index (χ0) is 14.4. The quantitative estimate of drug-likeness (QED) is 0.796. The standard InChI is InChI=1S/C13H12F3NO3/c14-13(15,16)9-1-2-10-8(5-9)6-12(7-11(18)17-10)19-3-4-20-12/h1-2,5H,3-4,6-7H2,(H,17,18). The van der Waals surface area contributed by atoms with E-state index in [1.807, 2.05) is 0 Å². The number of halogens is 3. The fourth-order valence-corrected chi connectivity index (χ4v) is 2.53. The van der Waals surface area contributed by atoms with E-state index in [2.05, 4.69) is 5.32 Å². The van der Waals surface area contributed by atoms with Crippen molar-refractivity contribution in [3.8, 4) is 0 Å². The number of carbonyl (C=O) groups excluding carboxylic acids is 1. The summed E-state index contributed by atoms with van der Waals surface area (Å²) in [5, 5.41) is 2.59. The van der Waals surface area contributed by atoms with Gasteiger partial charge in [0.25, 0.3) is 0 Å². The van der Waals surface area contributed by atoms with E-state index in [0.717, 1.165) is 12.1 Å². The number of carbonyl (C=O) groups is 1. The lowest BCUT2D eigenvalue weighted by atomic mass is 10.00. The molecule has 7 heteroatoms. The number of hydrogen-bond donors (Lipinski definition) is 1.